The van der Waals surface area contributed by atoms with Crippen molar-refractivity contribution in [2.45, 2.75) is 18.9 Å². The Kier molecular flexibility index (Phi) is 4.58. The molecule has 0 spiro atoms. The number of aromatic nitrogens is 1. The van der Waals surface area contributed by atoms with Crippen molar-refractivity contribution >= 4 is 5.91 Å². The van der Waals surface area contributed by atoms with Crippen molar-refractivity contribution in [3.05, 3.63) is 53.9 Å². The van der Waals surface area contributed by atoms with Gasteiger partial charge in [0.25, 0.3) is 5.91 Å². The number of methoxy groups -OCH3 is 2. The molecule has 0 N–H and O–H groups in total. The van der Waals surface area contributed by atoms with E-state index in [1.165, 1.54) is 0 Å². The van der Waals surface area contributed by atoms with Crippen molar-refractivity contribution in [2.75, 3.05) is 20.8 Å². The predicted molar refractivity (Wildman–Crippen MR) is 96.8 cm³/mol. The van der Waals surface area contributed by atoms with Gasteiger partial charge in [0.2, 0.25) is 5.76 Å². The molecule has 0 bridgehead atoms. The number of amides is 1. The van der Waals surface area contributed by atoms with Gasteiger partial charge >= 0.3 is 0 Å². The third kappa shape index (κ3) is 3.16. The number of benzene rings is 1. The van der Waals surface area contributed by atoms with E-state index in [0.717, 1.165) is 29.9 Å². The number of nitrogens with zero attached hydrogens (tertiary/aromatic N) is 2. The molecule has 1 aliphatic heterocycles. The lowest BCUT2D eigenvalue weighted by atomic mass is 10.0. The Balaban J connectivity index is 1.63. The molecule has 27 heavy (non-hydrogen) atoms. The van der Waals surface area contributed by atoms with Crippen LogP contribution in [0.3, 0.4) is 0 Å². The smallest absolute Gasteiger partial charge is 0.276 e. The molecular weight excluding hydrogens is 348 g/mol. The van der Waals surface area contributed by atoms with Crippen molar-refractivity contribution in [2.24, 2.45) is 0 Å². The van der Waals surface area contributed by atoms with Crippen LogP contribution in [0.4, 0.5) is 0 Å². The quantitative estimate of drug-likeness (QED) is 0.679. The van der Waals surface area contributed by atoms with Gasteiger partial charge in [-0.25, -0.2) is 0 Å². The van der Waals surface area contributed by atoms with E-state index in [2.05, 4.69) is 5.16 Å². The average molecular weight is 368 g/mol. The molecule has 1 saturated heterocycles. The minimum absolute atomic E-state index is 0.105. The first-order chi connectivity index (χ1) is 13.2. The SMILES string of the molecule is COc1ccc(OC)c(C2CCCN2C(=O)c2cc(-c3ccco3)on2)c1. The third-order valence-electron chi connectivity index (χ3n) is 4.80. The lowest BCUT2D eigenvalue weighted by molar-refractivity contribution is 0.0723. The number of hydrogen-bond acceptors (Lipinski definition) is 6. The van der Waals surface area contributed by atoms with Crippen LogP contribution < -0.4 is 9.47 Å². The third-order valence-corrected chi connectivity index (χ3v) is 4.80. The van der Waals surface area contributed by atoms with Gasteiger partial charge < -0.3 is 23.3 Å². The standard InChI is InChI=1S/C20H20N2O5/c1-24-13-7-8-17(25-2)14(11-13)16-5-3-9-22(16)20(23)15-12-19(27-21-15)18-6-4-10-26-18/h4,6-8,10-12,16H,3,5,9H2,1-2H3. The van der Waals surface area contributed by atoms with Gasteiger partial charge in [0.15, 0.2) is 11.5 Å². The zero-order valence-electron chi connectivity index (χ0n) is 15.2. The molecule has 1 aromatic carbocycles. The van der Waals surface area contributed by atoms with Crippen LogP contribution in [0.2, 0.25) is 0 Å². The maximum atomic E-state index is 13.1. The van der Waals surface area contributed by atoms with E-state index in [-0.39, 0.29) is 17.6 Å². The Labute approximate surface area is 156 Å². The van der Waals surface area contributed by atoms with Gasteiger partial charge in [0.05, 0.1) is 26.5 Å². The Morgan fingerprint density at radius 2 is 2.07 bits per heavy atom. The topological polar surface area (TPSA) is 77.9 Å². The molecule has 4 rings (SSSR count). The number of hydrogen-bond donors (Lipinski definition) is 0. The maximum absolute atomic E-state index is 13.1. The highest BCUT2D eigenvalue weighted by molar-refractivity contribution is 5.93. The summed E-state index contributed by atoms with van der Waals surface area (Å²) in [6.45, 7) is 0.646. The summed E-state index contributed by atoms with van der Waals surface area (Å²) < 4.78 is 21.4. The summed E-state index contributed by atoms with van der Waals surface area (Å²) in [5, 5.41) is 3.94. The van der Waals surface area contributed by atoms with E-state index >= 15 is 0 Å². The molecule has 1 aliphatic rings. The van der Waals surface area contributed by atoms with Gasteiger partial charge in [-0.3, -0.25) is 4.79 Å². The van der Waals surface area contributed by atoms with Crippen LogP contribution in [-0.4, -0.2) is 36.7 Å². The van der Waals surface area contributed by atoms with E-state index in [1.54, 1.807) is 43.6 Å². The van der Waals surface area contributed by atoms with Gasteiger partial charge in [0.1, 0.15) is 11.5 Å². The molecule has 1 atom stereocenters. The molecular formula is C20H20N2O5. The average Bonchev–Trinajstić information content (AvgIpc) is 3.47. The molecule has 3 heterocycles. The molecule has 1 fully saturated rings. The van der Waals surface area contributed by atoms with Crippen molar-refractivity contribution in [1.82, 2.24) is 10.1 Å². The molecule has 1 unspecified atom stereocenters. The Morgan fingerprint density at radius 1 is 1.19 bits per heavy atom. The summed E-state index contributed by atoms with van der Waals surface area (Å²) in [5.74, 6) is 2.25. The molecule has 0 radical (unpaired) electrons. The molecule has 2 aromatic heterocycles. The van der Waals surface area contributed by atoms with E-state index in [9.17, 15) is 4.79 Å². The number of furan rings is 1. The second-order valence-electron chi connectivity index (χ2n) is 6.32. The zero-order chi connectivity index (χ0) is 18.8. The lowest BCUT2D eigenvalue weighted by Gasteiger charge is -2.25. The number of likely N-dealkylation sites (tertiary alicyclic amines) is 1. The number of carbonyl (C=O) groups excluding carboxylic acids is 1. The van der Waals surface area contributed by atoms with E-state index < -0.39 is 0 Å². The monoisotopic (exact) mass is 368 g/mol. The fourth-order valence-electron chi connectivity index (χ4n) is 3.49. The van der Waals surface area contributed by atoms with Crippen LogP contribution in [0.25, 0.3) is 11.5 Å². The van der Waals surface area contributed by atoms with Gasteiger partial charge in [-0.2, -0.15) is 0 Å². The van der Waals surface area contributed by atoms with E-state index in [4.69, 9.17) is 18.4 Å². The zero-order valence-corrected chi connectivity index (χ0v) is 15.2. The van der Waals surface area contributed by atoms with Gasteiger partial charge in [0, 0.05) is 18.2 Å². The van der Waals surface area contributed by atoms with Gasteiger partial charge in [-0.05, 0) is 43.2 Å². The molecule has 7 heteroatoms. The van der Waals surface area contributed by atoms with Crippen LogP contribution in [-0.2, 0) is 0 Å². The summed E-state index contributed by atoms with van der Waals surface area (Å²) >= 11 is 0. The normalized spacial score (nSPS) is 16.5. The summed E-state index contributed by atoms with van der Waals surface area (Å²) in [5.41, 5.74) is 1.19. The van der Waals surface area contributed by atoms with Crippen LogP contribution in [0.15, 0.2) is 51.6 Å². The lowest BCUT2D eigenvalue weighted by Crippen LogP contribution is -2.31. The summed E-state index contributed by atoms with van der Waals surface area (Å²) in [6.07, 6.45) is 3.29. The Bertz CT molecular complexity index is 932. The Hall–Kier alpha value is -3.22. The Morgan fingerprint density at radius 3 is 2.81 bits per heavy atom. The summed E-state index contributed by atoms with van der Waals surface area (Å²) in [4.78, 5) is 14.9. The fourth-order valence-corrected chi connectivity index (χ4v) is 3.49. The highest BCUT2D eigenvalue weighted by atomic mass is 16.5. The molecule has 7 nitrogen and oxygen atoms in total. The number of carbonyl (C=O) groups is 1. The summed E-state index contributed by atoms with van der Waals surface area (Å²) in [7, 11) is 3.24. The minimum Gasteiger partial charge on any atom is -0.497 e. The van der Waals surface area contributed by atoms with Gasteiger partial charge in [-0.15, -0.1) is 0 Å². The first-order valence-corrected chi connectivity index (χ1v) is 8.74. The van der Waals surface area contributed by atoms with Crippen LogP contribution in [0, 0.1) is 0 Å². The molecule has 3 aromatic rings. The van der Waals surface area contributed by atoms with E-state index in [1.807, 2.05) is 18.2 Å². The second kappa shape index (κ2) is 7.19. The fraction of sp³-hybridized carbons (Fsp3) is 0.300. The first kappa shape index (κ1) is 17.2. The second-order valence-corrected chi connectivity index (χ2v) is 6.32. The maximum Gasteiger partial charge on any atom is 0.276 e. The van der Waals surface area contributed by atoms with Crippen molar-refractivity contribution in [1.29, 1.82) is 0 Å². The van der Waals surface area contributed by atoms with Crippen molar-refractivity contribution in [3.8, 4) is 23.0 Å². The summed E-state index contributed by atoms with van der Waals surface area (Å²) in [6, 6.07) is 10.6. The van der Waals surface area contributed by atoms with Crippen molar-refractivity contribution in [3.63, 3.8) is 0 Å². The molecule has 1 amide bonds. The van der Waals surface area contributed by atoms with Crippen LogP contribution in [0.5, 0.6) is 11.5 Å². The van der Waals surface area contributed by atoms with Crippen LogP contribution >= 0.6 is 0 Å². The van der Waals surface area contributed by atoms with Gasteiger partial charge in [-0.1, -0.05) is 5.16 Å². The minimum atomic E-state index is -0.177. The predicted octanol–water partition coefficient (Wildman–Crippen LogP) is 3.93. The molecule has 0 saturated carbocycles. The largest absolute Gasteiger partial charge is 0.497 e. The van der Waals surface area contributed by atoms with E-state index in [0.29, 0.717) is 18.1 Å². The highest BCUT2D eigenvalue weighted by Crippen LogP contribution is 2.39. The molecule has 0 aliphatic carbocycles. The number of ether oxygens (including phenoxy) is 2. The molecule has 140 valence electrons. The van der Waals surface area contributed by atoms with Crippen LogP contribution in [0.1, 0.15) is 34.9 Å². The highest BCUT2D eigenvalue weighted by Gasteiger charge is 2.34. The first-order valence-electron chi connectivity index (χ1n) is 8.74. The number of rotatable bonds is 5. The van der Waals surface area contributed by atoms with Crippen molar-refractivity contribution < 1.29 is 23.2 Å².